The van der Waals surface area contributed by atoms with Gasteiger partial charge in [-0.3, -0.25) is 4.79 Å². The summed E-state index contributed by atoms with van der Waals surface area (Å²) in [5.41, 5.74) is 21.2. The first-order valence-electron chi connectivity index (χ1n) is 27.0. The molecule has 3 heterocycles. The Kier molecular flexibility index (Phi) is 27.0. The average molecular weight is 1140 g/mol. The van der Waals surface area contributed by atoms with E-state index in [1.54, 1.807) is 30.7 Å². The second kappa shape index (κ2) is 34.2. The number of carbonyl (C=O) groups is 4. The fourth-order valence-electron chi connectivity index (χ4n) is 8.90. The number of nitrogen functional groups attached to an aromatic ring is 3. The minimum absolute atomic E-state index is 0. The zero-order chi connectivity index (χ0) is 59.6. The van der Waals surface area contributed by atoms with E-state index < -0.39 is 61.3 Å². The Morgan fingerprint density at radius 2 is 0.864 bits per heavy atom. The van der Waals surface area contributed by atoms with Gasteiger partial charge in [0.25, 0.3) is 0 Å². The fourth-order valence-corrected chi connectivity index (χ4v) is 8.90. The van der Waals surface area contributed by atoms with Crippen molar-refractivity contribution in [1.82, 2.24) is 29.9 Å². The molecule has 0 amide bonds. The number of anilines is 3. The third kappa shape index (κ3) is 18.9. The normalized spacial score (nSPS) is 20.1. The second-order valence-corrected chi connectivity index (χ2v) is 18.0. The quantitative estimate of drug-likeness (QED) is 0.0894. The van der Waals surface area contributed by atoms with E-state index in [0.29, 0.717) is 109 Å². The summed E-state index contributed by atoms with van der Waals surface area (Å²) in [6.07, 6.45) is 8.36. The summed E-state index contributed by atoms with van der Waals surface area (Å²) < 4.78 is 90.8. The molecule has 81 heavy (non-hydrogen) atoms. The van der Waals surface area contributed by atoms with Gasteiger partial charge in [0, 0.05) is 47.3 Å². The first-order chi connectivity index (χ1) is 38.1. The monoisotopic (exact) mass is 1140 g/mol. The molecular formula is C56H73BF3LiN9NaO10. The van der Waals surface area contributed by atoms with Crippen molar-refractivity contribution in [2.24, 2.45) is 0 Å². The number of carboxylic acids is 1. The first kappa shape index (κ1) is 63.9. The van der Waals surface area contributed by atoms with Crippen molar-refractivity contribution in [3.8, 4) is 33.8 Å². The van der Waals surface area contributed by atoms with Gasteiger partial charge in [-0.05, 0) is 101 Å². The Bertz CT molecular complexity index is 3280. The number of ether oxygens (including phenoxy) is 2. The molecule has 428 valence electrons. The number of benzene rings is 3. The van der Waals surface area contributed by atoms with Gasteiger partial charge in [0.15, 0.2) is 0 Å². The maximum atomic E-state index is 14.2. The molecule has 0 atom stereocenters. The van der Waals surface area contributed by atoms with Gasteiger partial charge < -0.3 is 47.5 Å². The van der Waals surface area contributed by atoms with E-state index >= 15 is 0 Å². The van der Waals surface area contributed by atoms with Gasteiger partial charge in [-0.2, -0.15) is 0 Å². The molecule has 3 aromatic heterocycles. The van der Waals surface area contributed by atoms with Crippen molar-refractivity contribution in [3.05, 3.63) is 124 Å². The van der Waals surface area contributed by atoms with Gasteiger partial charge in [-0.25, -0.2) is 62.8 Å². The van der Waals surface area contributed by atoms with E-state index in [0.717, 1.165) is 24.6 Å². The van der Waals surface area contributed by atoms with Crippen LogP contribution in [0.25, 0.3) is 33.8 Å². The molecule has 0 spiro atoms. The van der Waals surface area contributed by atoms with Crippen molar-refractivity contribution in [3.63, 3.8) is 0 Å². The molecule has 0 radical (unpaired) electrons. The molecule has 10 N–H and O–H groups in total. The number of methoxy groups -OCH3 is 2. The molecule has 3 aliphatic carbocycles. The van der Waals surface area contributed by atoms with Gasteiger partial charge in [0.05, 0.1) is 81.5 Å². The van der Waals surface area contributed by atoms with Crippen LogP contribution < -0.4 is 65.6 Å². The standard InChI is InChI=1S/C18H20FN3O3.C18H18FN3O3.C17H18FN3O3.3CH4.BH4.Li.Na.H2O/c2*1-25-18(24)13-7-4-11(8-14(13)19)16-17(20)21-9-15(22-16)10-2-5-12(23)6-3-10;18-13-7-10(3-6-12(13)17(23)24)15-16(19)20-8-14(21-15)9-1-4-11(22)5-2-9;;;;;;;/h4,7-10,12,23H,2-3,5-6H2,1H3,(H2,20,21);4,7-10H,2-3,5-6H2,1H3,(H2,20,21);3,6-9,11,22H,1-2,4-5H2,(H2,19,20)(H,23,24);4*1H4;;;1H2/q;;;;;;-1;2*+1;/p-1/i12D;;11D;;;;1D4;;;. The molecule has 0 bridgehead atoms. The van der Waals surface area contributed by atoms with Crippen LogP contribution in [0.5, 0.6) is 0 Å². The second-order valence-electron chi connectivity index (χ2n) is 18.0. The maximum absolute atomic E-state index is 14.2. The molecule has 9 rings (SSSR count). The number of aliphatic hydroxyl groups is 2. The minimum Gasteiger partial charge on any atom is -0.870 e. The van der Waals surface area contributed by atoms with Crippen LogP contribution in [0.2, 0.25) is 0 Å². The van der Waals surface area contributed by atoms with Crippen molar-refractivity contribution < 1.29 is 114 Å². The molecule has 25 heteroatoms. The summed E-state index contributed by atoms with van der Waals surface area (Å²) in [5.74, 6) is -4.17. The number of nitrogens with two attached hydrogens (primary N) is 3. The van der Waals surface area contributed by atoms with Crippen LogP contribution in [0.4, 0.5) is 30.6 Å². The van der Waals surface area contributed by atoms with Crippen LogP contribution in [0, 0.1) is 17.5 Å². The number of hydrogen-bond donors (Lipinski definition) is 6. The Morgan fingerprint density at radius 3 is 1.14 bits per heavy atom. The molecule has 3 aliphatic rings. The smallest absolute Gasteiger partial charge is 0.870 e. The third-order valence-electron chi connectivity index (χ3n) is 13.2. The molecule has 0 aliphatic heterocycles. The zero-order valence-electron chi connectivity index (χ0n) is 49.5. The number of nitrogens with zero attached hydrogens (tertiary/aromatic N) is 6. The summed E-state index contributed by atoms with van der Waals surface area (Å²) in [5, 5.41) is 28.4. The SMILES string of the molecule is C.C.C.COC(=O)c1ccc(-c2nc(C3CCC(=O)CC3)cnc2N)cc1F.[2H]C1(O)CCC(c2cnc(N)c(-c3ccc(C(=O)O)c(F)c3)n2)CC1.[2H]C1(O)CCC(c2cnc(N)c(-c3ccc(C(=O)OC)c(F)c3)n2)CC1.[2H][B-]([2H])([2H])[2H].[Li+].[Na+].[OH-]. The number of aromatic nitrogens is 6. The summed E-state index contributed by atoms with van der Waals surface area (Å²) in [4.78, 5) is 71.3. The number of carboxylic acid groups (broad SMARTS) is 1. The Balaban J connectivity index is 0.00000119. The van der Waals surface area contributed by atoms with E-state index in [9.17, 15) is 42.6 Å². The average Bonchev–Trinajstić information content (AvgIpc) is 2.59. The minimum atomic E-state index is -3.00. The fraction of sp³-hybridized carbons (Fsp3) is 0.393. The predicted molar refractivity (Wildman–Crippen MR) is 299 cm³/mol. The molecule has 0 unspecified atom stereocenters. The summed E-state index contributed by atoms with van der Waals surface area (Å²) >= 11 is 0. The molecule has 6 aromatic rings. The van der Waals surface area contributed by atoms with Crippen molar-refractivity contribution >= 4 is 49.4 Å². The molecule has 0 saturated heterocycles. The molecule has 19 nitrogen and oxygen atoms in total. The maximum Gasteiger partial charge on any atom is 1.00 e. The van der Waals surface area contributed by atoms with Crippen molar-refractivity contribution in [2.45, 2.75) is 129 Å². The van der Waals surface area contributed by atoms with E-state index in [-0.39, 0.29) is 128 Å². The Morgan fingerprint density at radius 1 is 0.580 bits per heavy atom. The number of rotatable bonds is 9. The zero-order valence-corrected chi connectivity index (χ0v) is 45.5. The molecule has 3 fully saturated rings. The number of ketones is 1. The largest absolute Gasteiger partial charge is 1.00 e. The molecular weight excluding hydrogens is 1060 g/mol. The number of hydrogen-bond acceptors (Lipinski definition) is 18. The van der Waals surface area contributed by atoms with E-state index in [1.807, 2.05) is 0 Å². The predicted octanol–water partition coefficient (Wildman–Crippen LogP) is 2.42. The van der Waals surface area contributed by atoms with Gasteiger partial charge >= 0.3 is 66.3 Å². The van der Waals surface area contributed by atoms with Crippen molar-refractivity contribution in [2.75, 3.05) is 31.4 Å². The molecule has 3 saturated carbocycles. The number of carbonyl (C=O) groups excluding carboxylic acids is 3. The van der Waals surface area contributed by atoms with Crippen LogP contribution in [0.3, 0.4) is 0 Å². The number of Topliss-reactive ketones (excluding diaryl/α,β-unsaturated/α-hetero) is 1. The van der Waals surface area contributed by atoms with E-state index in [2.05, 4.69) is 39.4 Å². The van der Waals surface area contributed by atoms with Crippen LogP contribution in [-0.4, -0.2) is 114 Å². The van der Waals surface area contributed by atoms with Crippen LogP contribution in [-0.2, 0) is 14.3 Å². The summed E-state index contributed by atoms with van der Waals surface area (Å²) in [7, 11) is -0.623. The number of halogens is 3. The van der Waals surface area contributed by atoms with Crippen molar-refractivity contribution in [1.29, 1.82) is 5.34 Å². The van der Waals surface area contributed by atoms with Gasteiger partial charge in [-0.15, -0.1) is 0 Å². The van der Waals surface area contributed by atoms with Crippen LogP contribution in [0.15, 0.2) is 73.2 Å². The number of esters is 2. The molecule has 3 aromatic carbocycles. The Hall–Kier alpha value is -6.29. The third-order valence-corrected chi connectivity index (χ3v) is 13.2. The number of aromatic carboxylic acids is 1. The summed E-state index contributed by atoms with van der Waals surface area (Å²) in [6, 6.07) is 11.8. The van der Waals surface area contributed by atoms with Gasteiger partial charge in [0.2, 0.25) is 0 Å². The van der Waals surface area contributed by atoms with E-state index in [1.165, 1.54) is 50.6 Å². The topological polar surface area (TPSA) is 333 Å². The summed E-state index contributed by atoms with van der Waals surface area (Å²) in [6.45, 7) is 0. The van der Waals surface area contributed by atoms with E-state index in [4.69, 9.17) is 30.4 Å². The van der Waals surface area contributed by atoms with Gasteiger partial charge in [-0.1, -0.05) is 48.7 Å². The van der Waals surface area contributed by atoms with Crippen LogP contribution in [0.1, 0.15) is 168 Å². The first-order valence-corrected chi connectivity index (χ1v) is 23.7. The van der Waals surface area contributed by atoms with Crippen LogP contribution >= 0.6 is 0 Å². The Labute approximate surface area is 514 Å². The van der Waals surface area contributed by atoms with Gasteiger partial charge in [0.1, 0.15) is 57.8 Å².